The van der Waals surface area contributed by atoms with Crippen LogP contribution in [0.15, 0.2) is 48.5 Å². The molecule has 2 aromatic rings. The highest BCUT2D eigenvalue weighted by Gasteiger charge is 2.09. The summed E-state index contributed by atoms with van der Waals surface area (Å²) in [6.07, 6.45) is -0.772. The molecule has 2 aromatic carbocycles. The van der Waals surface area contributed by atoms with Crippen LogP contribution < -0.4 is 10.6 Å². The molecule has 4 nitrogen and oxygen atoms in total. The standard InChI is InChI=1S/C16H17ClN2O2/c1-11-2-8-14(9-3-11)19-16(21)18-10-15(20)12-4-6-13(17)7-5-12/h2-9,15,20H,10H2,1H3,(H2,18,19,21). The van der Waals surface area contributed by atoms with Gasteiger partial charge < -0.3 is 15.7 Å². The van der Waals surface area contributed by atoms with E-state index in [1.54, 1.807) is 24.3 Å². The molecule has 0 heterocycles. The Labute approximate surface area is 128 Å². The largest absolute Gasteiger partial charge is 0.387 e. The van der Waals surface area contributed by atoms with E-state index in [0.29, 0.717) is 16.3 Å². The van der Waals surface area contributed by atoms with Crippen LogP contribution in [0.4, 0.5) is 10.5 Å². The van der Waals surface area contributed by atoms with Crippen molar-refractivity contribution in [1.29, 1.82) is 0 Å². The third-order valence-electron chi connectivity index (χ3n) is 3.02. The Bertz CT molecular complexity index is 597. The number of hydrogen-bond donors (Lipinski definition) is 3. The van der Waals surface area contributed by atoms with Gasteiger partial charge in [0.05, 0.1) is 6.10 Å². The number of nitrogens with one attached hydrogen (secondary N) is 2. The Morgan fingerprint density at radius 2 is 1.76 bits per heavy atom. The topological polar surface area (TPSA) is 61.4 Å². The maximum absolute atomic E-state index is 11.7. The van der Waals surface area contributed by atoms with E-state index >= 15 is 0 Å². The number of halogens is 1. The van der Waals surface area contributed by atoms with Crippen LogP contribution in [-0.4, -0.2) is 17.7 Å². The molecule has 1 atom stereocenters. The molecular weight excluding hydrogens is 288 g/mol. The van der Waals surface area contributed by atoms with Crippen molar-refractivity contribution in [2.45, 2.75) is 13.0 Å². The van der Waals surface area contributed by atoms with E-state index in [9.17, 15) is 9.90 Å². The van der Waals surface area contributed by atoms with Crippen LogP contribution in [0.5, 0.6) is 0 Å². The van der Waals surface area contributed by atoms with E-state index in [1.165, 1.54) is 0 Å². The Morgan fingerprint density at radius 1 is 1.14 bits per heavy atom. The summed E-state index contributed by atoms with van der Waals surface area (Å²) in [5, 5.41) is 15.9. The van der Waals surface area contributed by atoms with Crippen LogP contribution >= 0.6 is 11.6 Å². The molecule has 0 radical (unpaired) electrons. The maximum Gasteiger partial charge on any atom is 0.319 e. The normalized spacial score (nSPS) is 11.8. The number of aliphatic hydroxyl groups excluding tert-OH is 1. The van der Waals surface area contributed by atoms with Gasteiger partial charge in [-0.05, 0) is 36.8 Å². The van der Waals surface area contributed by atoms with Crippen molar-refractivity contribution in [2.24, 2.45) is 0 Å². The lowest BCUT2D eigenvalue weighted by Gasteiger charge is -2.13. The molecule has 0 saturated carbocycles. The number of rotatable bonds is 4. The fourth-order valence-electron chi connectivity index (χ4n) is 1.80. The Hall–Kier alpha value is -2.04. The van der Waals surface area contributed by atoms with Crippen LogP contribution in [0.3, 0.4) is 0 Å². The monoisotopic (exact) mass is 304 g/mol. The molecule has 0 aliphatic heterocycles. The van der Waals surface area contributed by atoms with Gasteiger partial charge in [0.2, 0.25) is 0 Å². The Balaban J connectivity index is 1.83. The average Bonchev–Trinajstić information content (AvgIpc) is 2.48. The van der Waals surface area contributed by atoms with Gasteiger partial charge >= 0.3 is 6.03 Å². The van der Waals surface area contributed by atoms with Crippen LogP contribution in [0.25, 0.3) is 0 Å². The fraction of sp³-hybridized carbons (Fsp3) is 0.188. The first-order valence-corrected chi connectivity index (χ1v) is 6.97. The first-order valence-electron chi connectivity index (χ1n) is 6.59. The van der Waals surface area contributed by atoms with Gasteiger partial charge in [-0.25, -0.2) is 4.79 Å². The molecule has 0 bridgehead atoms. The molecular formula is C16H17ClN2O2. The molecule has 0 spiro atoms. The van der Waals surface area contributed by atoms with Gasteiger partial charge in [0.15, 0.2) is 0 Å². The SMILES string of the molecule is Cc1ccc(NC(=O)NCC(O)c2ccc(Cl)cc2)cc1. The molecule has 1 unspecified atom stereocenters. The molecule has 110 valence electrons. The number of hydrogen-bond acceptors (Lipinski definition) is 2. The minimum Gasteiger partial charge on any atom is -0.387 e. The van der Waals surface area contributed by atoms with Gasteiger partial charge in [-0.1, -0.05) is 41.4 Å². The second-order valence-corrected chi connectivity index (χ2v) is 5.20. The van der Waals surface area contributed by atoms with Gasteiger partial charge in [0, 0.05) is 17.3 Å². The predicted octanol–water partition coefficient (Wildman–Crippen LogP) is 3.50. The highest BCUT2D eigenvalue weighted by molar-refractivity contribution is 6.30. The molecule has 0 fully saturated rings. The number of anilines is 1. The van der Waals surface area contributed by atoms with Gasteiger partial charge in [0.25, 0.3) is 0 Å². The summed E-state index contributed by atoms with van der Waals surface area (Å²) in [5.74, 6) is 0. The number of carbonyl (C=O) groups excluding carboxylic acids is 1. The van der Waals surface area contributed by atoms with Crippen LogP contribution in [-0.2, 0) is 0 Å². The number of carbonyl (C=O) groups is 1. The minimum atomic E-state index is -0.772. The molecule has 0 aliphatic rings. The highest BCUT2D eigenvalue weighted by Crippen LogP contribution is 2.15. The van der Waals surface area contributed by atoms with Crippen molar-refractivity contribution in [2.75, 3.05) is 11.9 Å². The summed E-state index contributed by atoms with van der Waals surface area (Å²) in [7, 11) is 0. The van der Waals surface area contributed by atoms with Gasteiger partial charge in [0.1, 0.15) is 0 Å². The van der Waals surface area contributed by atoms with Crippen LogP contribution in [0.1, 0.15) is 17.2 Å². The minimum absolute atomic E-state index is 0.124. The number of amides is 2. The lowest BCUT2D eigenvalue weighted by atomic mass is 10.1. The molecule has 2 amide bonds. The summed E-state index contributed by atoms with van der Waals surface area (Å²) in [4.78, 5) is 11.7. The second kappa shape index (κ2) is 7.11. The quantitative estimate of drug-likeness (QED) is 0.809. The molecule has 0 aromatic heterocycles. The van der Waals surface area contributed by atoms with Gasteiger partial charge in [-0.3, -0.25) is 0 Å². The summed E-state index contributed by atoms with van der Waals surface area (Å²) in [6.45, 7) is 2.10. The van der Waals surface area contributed by atoms with Crippen LogP contribution in [0, 0.1) is 6.92 Å². The Morgan fingerprint density at radius 3 is 2.38 bits per heavy atom. The van der Waals surface area contributed by atoms with Crippen molar-refractivity contribution in [3.63, 3.8) is 0 Å². The van der Waals surface area contributed by atoms with Crippen molar-refractivity contribution >= 4 is 23.3 Å². The Kier molecular flexibility index (Phi) is 5.20. The zero-order valence-electron chi connectivity index (χ0n) is 11.6. The number of benzene rings is 2. The van der Waals surface area contributed by atoms with E-state index in [1.807, 2.05) is 31.2 Å². The van der Waals surface area contributed by atoms with Crippen molar-refractivity contribution in [1.82, 2.24) is 5.32 Å². The maximum atomic E-state index is 11.7. The van der Waals surface area contributed by atoms with E-state index in [4.69, 9.17) is 11.6 Å². The average molecular weight is 305 g/mol. The van der Waals surface area contributed by atoms with E-state index in [-0.39, 0.29) is 12.6 Å². The van der Waals surface area contributed by atoms with Crippen molar-refractivity contribution in [3.8, 4) is 0 Å². The van der Waals surface area contributed by atoms with Gasteiger partial charge in [-0.15, -0.1) is 0 Å². The number of aliphatic hydroxyl groups is 1. The third-order valence-corrected chi connectivity index (χ3v) is 3.27. The number of aryl methyl sites for hydroxylation is 1. The molecule has 2 rings (SSSR count). The highest BCUT2D eigenvalue weighted by atomic mass is 35.5. The summed E-state index contributed by atoms with van der Waals surface area (Å²) in [6, 6.07) is 14.0. The van der Waals surface area contributed by atoms with E-state index in [2.05, 4.69) is 10.6 Å². The first-order chi connectivity index (χ1) is 10.0. The summed E-state index contributed by atoms with van der Waals surface area (Å²) in [5.41, 5.74) is 2.54. The second-order valence-electron chi connectivity index (χ2n) is 4.77. The third kappa shape index (κ3) is 4.77. The smallest absolute Gasteiger partial charge is 0.319 e. The summed E-state index contributed by atoms with van der Waals surface area (Å²) < 4.78 is 0. The van der Waals surface area contributed by atoms with Crippen molar-refractivity contribution in [3.05, 3.63) is 64.7 Å². The zero-order chi connectivity index (χ0) is 15.2. The van der Waals surface area contributed by atoms with Crippen molar-refractivity contribution < 1.29 is 9.90 Å². The van der Waals surface area contributed by atoms with E-state index in [0.717, 1.165) is 5.56 Å². The van der Waals surface area contributed by atoms with Crippen LogP contribution in [0.2, 0.25) is 5.02 Å². The lowest BCUT2D eigenvalue weighted by Crippen LogP contribution is -2.32. The zero-order valence-corrected chi connectivity index (χ0v) is 12.4. The molecule has 0 saturated heterocycles. The lowest BCUT2D eigenvalue weighted by molar-refractivity contribution is 0.175. The molecule has 3 N–H and O–H groups in total. The molecule has 21 heavy (non-hydrogen) atoms. The number of urea groups is 1. The predicted molar refractivity (Wildman–Crippen MR) is 84.6 cm³/mol. The van der Waals surface area contributed by atoms with E-state index < -0.39 is 6.10 Å². The summed E-state index contributed by atoms with van der Waals surface area (Å²) >= 11 is 5.78. The fourth-order valence-corrected chi connectivity index (χ4v) is 1.93. The first kappa shape index (κ1) is 15.4. The molecule has 5 heteroatoms. The molecule has 0 aliphatic carbocycles. The van der Waals surface area contributed by atoms with Gasteiger partial charge in [-0.2, -0.15) is 0 Å².